The maximum atomic E-state index is 13.0. The Morgan fingerprint density at radius 2 is 1.70 bits per heavy atom. The van der Waals surface area contributed by atoms with E-state index >= 15 is 0 Å². The van der Waals surface area contributed by atoms with Gasteiger partial charge in [0.1, 0.15) is 18.3 Å². The van der Waals surface area contributed by atoms with E-state index in [2.05, 4.69) is 0 Å². The zero-order valence-electron chi connectivity index (χ0n) is 17.4. The molecule has 1 aliphatic rings. The third-order valence-electron chi connectivity index (χ3n) is 5.26. The van der Waals surface area contributed by atoms with Gasteiger partial charge in [0.2, 0.25) is 5.91 Å². The van der Waals surface area contributed by atoms with Crippen molar-refractivity contribution >= 4 is 11.8 Å². The van der Waals surface area contributed by atoms with E-state index in [0.717, 1.165) is 5.56 Å². The van der Waals surface area contributed by atoms with E-state index in [1.807, 2.05) is 12.1 Å². The molecular formula is C21H33N3O6. The number of rotatable bonds is 2. The highest BCUT2D eigenvalue weighted by Crippen LogP contribution is 2.11. The number of benzene rings is 1. The molecular weight excluding hydrogens is 390 g/mol. The number of hydrogen-bond acceptors (Lipinski definition) is 7. The third kappa shape index (κ3) is 7.03. The van der Waals surface area contributed by atoms with Gasteiger partial charge in [-0.1, -0.05) is 12.1 Å². The van der Waals surface area contributed by atoms with Crippen molar-refractivity contribution in [2.45, 2.75) is 44.6 Å². The number of hydrogen-bond donors (Lipinski definition) is 4. The van der Waals surface area contributed by atoms with Crippen molar-refractivity contribution in [2.75, 3.05) is 39.4 Å². The second-order valence-electron chi connectivity index (χ2n) is 7.57. The van der Waals surface area contributed by atoms with Crippen molar-refractivity contribution in [3.8, 4) is 0 Å². The Morgan fingerprint density at radius 1 is 1.03 bits per heavy atom. The van der Waals surface area contributed by atoms with E-state index in [1.54, 1.807) is 17.0 Å². The Labute approximate surface area is 177 Å². The Kier molecular flexibility index (Phi) is 9.67. The molecule has 0 radical (unpaired) electrons. The fraction of sp³-hybridized carbons (Fsp3) is 0.619. The lowest BCUT2D eigenvalue weighted by atomic mass is 10.1. The Hall–Kier alpha value is -2.04. The fourth-order valence-electron chi connectivity index (χ4n) is 3.30. The average molecular weight is 424 g/mol. The summed E-state index contributed by atoms with van der Waals surface area (Å²) in [6.07, 6.45) is -2.66. The summed E-state index contributed by atoms with van der Waals surface area (Å²) in [6, 6.07) is 7.11. The number of nitrogens with zero attached hydrogens (tertiary/aromatic N) is 2. The van der Waals surface area contributed by atoms with Crippen LogP contribution in [0.2, 0.25) is 0 Å². The second-order valence-corrected chi connectivity index (χ2v) is 7.57. The topological polar surface area (TPSA) is 137 Å². The van der Waals surface area contributed by atoms with Crippen LogP contribution in [0.1, 0.15) is 35.7 Å². The van der Waals surface area contributed by atoms with Gasteiger partial charge >= 0.3 is 0 Å². The molecule has 0 aliphatic carbocycles. The number of nitrogens with two attached hydrogens (primary N) is 1. The molecule has 9 nitrogen and oxygen atoms in total. The molecule has 0 bridgehead atoms. The van der Waals surface area contributed by atoms with Gasteiger partial charge < -0.3 is 35.6 Å². The quantitative estimate of drug-likeness (QED) is 0.495. The first-order valence-electron chi connectivity index (χ1n) is 10.3. The minimum Gasteiger partial charge on any atom is -0.388 e. The summed E-state index contributed by atoms with van der Waals surface area (Å²) in [5.41, 5.74) is 7.09. The maximum absolute atomic E-state index is 13.0. The van der Waals surface area contributed by atoms with Gasteiger partial charge in [-0.2, -0.15) is 0 Å². The lowest BCUT2D eigenvalue weighted by Crippen LogP contribution is -2.49. The molecule has 1 aromatic rings. The highest BCUT2D eigenvalue weighted by atomic mass is 16.5. The summed E-state index contributed by atoms with van der Waals surface area (Å²) in [4.78, 5) is 28.1. The van der Waals surface area contributed by atoms with E-state index in [9.17, 15) is 24.9 Å². The lowest BCUT2D eigenvalue weighted by Gasteiger charge is -2.31. The van der Waals surface area contributed by atoms with E-state index in [-0.39, 0.29) is 38.1 Å². The normalized spacial score (nSPS) is 24.9. The smallest absolute Gasteiger partial charge is 0.253 e. The van der Waals surface area contributed by atoms with Gasteiger partial charge in [0.15, 0.2) is 0 Å². The van der Waals surface area contributed by atoms with E-state index in [4.69, 9.17) is 10.5 Å². The molecule has 168 valence electrons. The SMILES string of the molecule is CC(=O)N1CCN(C(=O)c2ccc(CN)cc2)CCCCOC[C@@H](O)[C@H](O)[C@@H](O)C1. The maximum Gasteiger partial charge on any atom is 0.253 e. The number of aliphatic hydroxyl groups excluding tert-OH is 3. The largest absolute Gasteiger partial charge is 0.388 e. The van der Waals surface area contributed by atoms with E-state index in [0.29, 0.717) is 38.1 Å². The predicted octanol–water partition coefficient (Wildman–Crippen LogP) is -0.671. The molecule has 1 fully saturated rings. The Bertz CT molecular complexity index is 684. The van der Waals surface area contributed by atoms with Crippen molar-refractivity contribution in [3.63, 3.8) is 0 Å². The molecule has 1 saturated heterocycles. The molecule has 9 heteroatoms. The molecule has 0 saturated carbocycles. The first-order valence-corrected chi connectivity index (χ1v) is 10.3. The molecule has 1 heterocycles. The predicted molar refractivity (Wildman–Crippen MR) is 111 cm³/mol. The van der Waals surface area contributed by atoms with Crippen LogP contribution in [0.4, 0.5) is 0 Å². The van der Waals surface area contributed by atoms with Crippen molar-refractivity contribution < 1.29 is 29.6 Å². The van der Waals surface area contributed by atoms with Crippen LogP contribution in [0.15, 0.2) is 24.3 Å². The van der Waals surface area contributed by atoms with Gasteiger partial charge in [-0.05, 0) is 30.5 Å². The zero-order valence-corrected chi connectivity index (χ0v) is 17.4. The number of ether oxygens (including phenoxy) is 1. The Balaban J connectivity index is 2.14. The van der Waals surface area contributed by atoms with Crippen LogP contribution in [0, 0.1) is 0 Å². The summed E-state index contributed by atoms with van der Waals surface area (Å²) in [6.45, 7) is 2.83. The fourth-order valence-corrected chi connectivity index (χ4v) is 3.30. The molecule has 5 N–H and O–H groups in total. The minimum atomic E-state index is -1.44. The third-order valence-corrected chi connectivity index (χ3v) is 5.26. The van der Waals surface area contributed by atoms with Gasteiger partial charge in [0.25, 0.3) is 5.91 Å². The number of carbonyl (C=O) groups is 2. The highest BCUT2D eigenvalue weighted by Gasteiger charge is 2.28. The van der Waals surface area contributed by atoms with E-state index < -0.39 is 18.3 Å². The first-order chi connectivity index (χ1) is 14.3. The van der Waals surface area contributed by atoms with Crippen molar-refractivity contribution in [2.24, 2.45) is 5.73 Å². The number of β-amino-alcohol motifs (C(OH)–C–C–N with tert-alkyl or cyclic N) is 1. The van der Waals surface area contributed by atoms with Gasteiger partial charge in [-0.15, -0.1) is 0 Å². The van der Waals surface area contributed by atoms with Crippen LogP contribution in [0.3, 0.4) is 0 Å². The summed E-state index contributed by atoms with van der Waals surface area (Å²) in [7, 11) is 0. The molecule has 3 atom stereocenters. The van der Waals surface area contributed by atoms with Crippen LogP contribution < -0.4 is 5.73 Å². The summed E-state index contributed by atoms with van der Waals surface area (Å²) < 4.78 is 5.37. The lowest BCUT2D eigenvalue weighted by molar-refractivity contribution is -0.134. The highest BCUT2D eigenvalue weighted by molar-refractivity contribution is 5.94. The number of carbonyl (C=O) groups excluding carboxylic acids is 2. The second kappa shape index (κ2) is 12.0. The van der Waals surface area contributed by atoms with Gasteiger partial charge in [0.05, 0.1) is 6.61 Å². The standard InChI is InChI=1S/C21H33N3O6/c1-15(25)24-10-9-23(21(29)17-6-4-16(12-22)5-7-17)8-2-3-11-30-14-19(27)20(28)18(26)13-24/h4-7,18-20,26-28H,2-3,8-14,22H2,1H3/t18-,19+,20+/m0/s1. The van der Waals surface area contributed by atoms with Crippen molar-refractivity contribution in [3.05, 3.63) is 35.4 Å². The van der Waals surface area contributed by atoms with Gasteiger partial charge in [-0.3, -0.25) is 9.59 Å². The molecule has 0 unspecified atom stereocenters. The molecule has 2 amide bonds. The molecule has 0 spiro atoms. The molecule has 30 heavy (non-hydrogen) atoms. The van der Waals surface area contributed by atoms with Gasteiger partial charge in [0, 0.05) is 51.8 Å². The number of amides is 2. The average Bonchev–Trinajstić information content (AvgIpc) is 2.75. The van der Waals surface area contributed by atoms with Crippen LogP contribution in [-0.4, -0.2) is 94.6 Å². The Morgan fingerprint density at radius 3 is 2.33 bits per heavy atom. The van der Waals surface area contributed by atoms with Crippen LogP contribution >= 0.6 is 0 Å². The van der Waals surface area contributed by atoms with Crippen LogP contribution in [0.5, 0.6) is 0 Å². The summed E-state index contributed by atoms with van der Waals surface area (Å²) >= 11 is 0. The van der Waals surface area contributed by atoms with Crippen molar-refractivity contribution in [1.82, 2.24) is 9.80 Å². The monoisotopic (exact) mass is 423 g/mol. The zero-order chi connectivity index (χ0) is 22.1. The van der Waals surface area contributed by atoms with E-state index in [1.165, 1.54) is 11.8 Å². The summed E-state index contributed by atoms with van der Waals surface area (Å²) in [5.74, 6) is -0.440. The number of aliphatic hydroxyl groups is 3. The molecule has 1 aliphatic heterocycles. The molecule has 0 aromatic heterocycles. The minimum absolute atomic E-state index is 0.117. The van der Waals surface area contributed by atoms with Crippen LogP contribution in [-0.2, 0) is 16.1 Å². The first kappa shape index (κ1) is 24.2. The van der Waals surface area contributed by atoms with Crippen molar-refractivity contribution in [1.29, 1.82) is 0 Å². The summed E-state index contributed by atoms with van der Waals surface area (Å²) in [5, 5.41) is 30.3. The van der Waals surface area contributed by atoms with Crippen LogP contribution in [0.25, 0.3) is 0 Å². The molecule has 2 rings (SSSR count). The molecule has 1 aromatic carbocycles. The van der Waals surface area contributed by atoms with Gasteiger partial charge in [-0.25, -0.2) is 0 Å².